The van der Waals surface area contributed by atoms with E-state index in [0.29, 0.717) is 5.92 Å². The van der Waals surface area contributed by atoms with Gasteiger partial charge >= 0.3 is 0 Å². The van der Waals surface area contributed by atoms with E-state index in [0.717, 1.165) is 12.8 Å². The molecule has 0 heterocycles. The number of rotatable bonds is 6. The van der Waals surface area contributed by atoms with Gasteiger partial charge < -0.3 is 11.1 Å². The Labute approximate surface area is 101 Å². The van der Waals surface area contributed by atoms with Crippen LogP contribution in [-0.2, 0) is 4.79 Å². The van der Waals surface area contributed by atoms with E-state index in [-0.39, 0.29) is 12.0 Å². The van der Waals surface area contributed by atoms with Gasteiger partial charge in [0, 0.05) is 18.4 Å². The summed E-state index contributed by atoms with van der Waals surface area (Å²) in [6.45, 7) is 5.42. The predicted octanol–water partition coefficient (Wildman–Crippen LogP) is 2.05. The van der Waals surface area contributed by atoms with Gasteiger partial charge in [-0.25, -0.2) is 8.78 Å². The number of halogens is 2. The topological polar surface area (TPSA) is 55.1 Å². The summed E-state index contributed by atoms with van der Waals surface area (Å²) in [7, 11) is 0. The number of nitrogens with one attached hydrogen (secondary N) is 1. The molecule has 1 atom stereocenters. The number of carbonyl (C=O) groups excluding carboxylic acids is 1. The highest BCUT2D eigenvalue weighted by molar-refractivity contribution is 5.82. The highest BCUT2D eigenvalue weighted by Gasteiger charge is 2.47. The van der Waals surface area contributed by atoms with Gasteiger partial charge in [0.2, 0.25) is 11.8 Å². The van der Waals surface area contributed by atoms with Crippen molar-refractivity contribution in [2.45, 2.75) is 64.0 Å². The molecule has 0 saturated heterocycles. The van der Waals surface area contributed by atoms with Gasteiger partial charge in [0.1, 0.15) is 0 Å². The van der Waals surface area contributed by atoms with Crippen LogP contribution in [-0.4, -0.2) is 23.4 Å². The molecule has 0 aliphatic heterocycles. The number of hydrogen-bond donors (Lipinski definition) is 2. The Morgan fingerprint density at radius 2 is 2.00 bits per heavy atom. The average molecular weight is 248 g/mol. The minimum absolute atomic E-state index is 0.198. The van der Waals surface area contributed by atoms with E-state index in [4.69, 9.17) is 5.73 Å². The summed E-state index contributed by atoms with van der Waals surface area (Å²) in [5.41, 5.74) is 5.32. The maximum atomic E-state index is 13.1. The Bertz CT molecular complexity index is 288. The monoisotopic (exact) mass is 248 g/mol. The van der Waals surface area contributed by atoms with E-state index < -0.39 is 24.3 Å². The van der Waals surface area contributed by atoms with E-state index in [2.05, 4.69) is 5.32 Å². The van der Waals surface area contributed by atoms with Crippen LogP contribution in [0.25, 0.3) is 0 Å². The van der Waals surface area contributed by atoms with Crippen LogP contribution >= 0.6 is 0 Å². The van der Waals surface area contributed by atoms with Gasteiger partial charge in [0.05, 0.1) is 6.04 Å². The molecular formula is C12H22F2N2O. The van der Waals surface area contributed by atoms with Crippen molar-refractivity contribution in [3.05, 3.63) is 0 Å². The van der Waals surface area contributed by atoms with Crippen LogP contribution in [0, 0.1) is 5.92 Å². The van der Waals surface area contributed by atoms with Crippen molar-refractivity contribution in [3.63, 3.8) is 0 Å². The molecule has 100 valence electrons. The number of nitrogens with two attached hydrogens (primary N) is 1. The third kappa shape index (κ3) is 3.63. The summed E-state index contributed by atoms with van der Waals surface area (Å²) in [6, 6.07) is -1.12. The molecule has 0 aromatic carbocycles. The minimum atomic E-state index is -2.86. The van der Waals surface area contributed by atoms with Crippen molar-refractivity contribution in [2.24, 2.45) is 11.7 Å². The summed E-state index contributed by atoms with van der Waals surface area (Å²) in [5.74, 6) is -3.00. The third-order valence-electron chi connectivity index (χ3n) is 3.64. The van der Waals surface area contributed by atoms with Crippen molar-refractivity contribution < 1.29 is 13.6 Å². The van der Waals surface area contributed by atoms with Crippen molar-refractivity contribution >= 4 is 5.91 Å². The van der Waals surface area contributed by atoms with Crippen LogP contribution in [0.1, 0.15) is 46.5 Å². The molecule has 5 heteroatoms. The SMILES string of the molecule is CCC(F)(F)CC(N)C(=O)NC1(C(C)C)CC1. The van der Waals surface area contributed by atoms with E-state index >= 15 is 0 Å². The highest BCUT2D eigenvalue weighted by atomic mass is 19.3. The predicted molar refractivity (Wildman–Crippen MR) is 62.8 cm³/mol. The molecule has 1 aliphatic carbocycles. The van der Waals surface area contributed by atoms with Crippen LogP contribution in [0.5, 0.6) is 0 Å². The van der Waals surface area contributed by atoms with Crippen LogP contribution in [0.2, 0.25) is 0 Å². The maximum absolute atomic E-state index is 13.1. The molecule has 0 bridgehead atoms. The maximum Gasteiger partial charge on any atom is 0.249 e. The molecule has 17 heavy (non-hydrogen) atoms. The number of amides is 1. The standard InChI is InChI=1S/C12H22F2N2O/c1-4-12(13,14)7-9(15)10(17)16-11(5-6-11)8(2)3/h8-9H,4-7,15H2,1-3H3,(H,16,17). The first kappa shape index (κ1) is 14.4. The van der Waals surface area contributed by atoms with Crippen molar-refractivity contribution in [3.8, 4) is 0 Å². The second-order valence-electron chi connectivity index (χ2n) is 5.32. The van der Waals surface area contributed by atoms with Gasteiger partial charge in [-0.1, -0.05) is 20.8 Å². The molecule has 1 aliphatic rings. The number of alkyl halides is 2. The molecule has 3 N–H and O–H groups in total. The normalized spacial score (nSPS) is 20.2. The van der Waals surface area contributed by atoms with Crippen LogP contribution in [0.3, 0.4) is 0 Å². The van der Waals surface area contributed by atoms with Crippen molar-refractivity contribution in [2.75, 3.05) is 0 Å². The van der Waals surface area contributed by atoms with Crippen molar-refractivity contribution in [1.29, 1.82) is 0 Å². The fourth-order valence-corrected chi connectivity index (χ4v) is 1.88. The Balaban J connectivity index is 2.48. The zero-order chi connectivity index (χ0) is 13.3. The van der Waals surface area contributed by atoms with Gasteiger partial charge in [0.25, 0.3) is 0 Å². The molecule has 0 aromatic rings. The first-order valence-corrected chi connectivity index (χ1v) is 6.18. The van der Waals surface area contributed by atoms with Crippen LogP contribution < -0.4 is 11.1 Å². The Morgan fingerprint density at radius 1 is 1.47 bits per heavy atom. The molecule has 0 aromatic heterocycles. The lowest BCUT2D eigenvalue weighted by molar-refractivity contribution is -0.126. The second-order valence-corrected chi connectivity index (χ2v) is 5.32. The fourth-order valence-electron chi connectivity index (χ4n) is 1.88. The van der Waals surface area contributed by atoms with Gasteiger partial charge in [-0.05, 0) is 18.8 Å². The third-order valence-corrected chi connectivity index (χ3v) is 3.64. The Morgan fingerprint density at radius 3 is 2.35 bits per heavy atom. The smallest absolute Gasteiger partial charge is 0.249 e. The largest absolute Gasteiger partial charge is 0.349 e. The average Bonchev–Trinajstić information content (AvgIpc) is 2.98. The molecule has 1 amide bonds. The summed E-state index contributed by atoms with van der Waals surface area (Å²) < 4.78 is 26.2. The van der Waals surface area contributed by atoms with E-state index in [9.17, 15) is 13.6 Å². The molecule has 3 nitrogen and oxygen atoms in total. The fraction of sp³-hybridized carbons (Fsp3) is 0.917. The zero-order valence-electron chi connectivity index (χ0n) is 10.7. The summed E-state index contributed by atoms with van der Waals surface area (Å²) >= 11 is 0. The van der Waals surface area contributed by atoms with E-state index in [1.54, 1.807) is 0 Å². The molecule has 0 spiro atoms. The van der Waals surface area contributed by atoms with Crippen LogP contribution in [0.15, 0.2) is 0 Å². The number of carbonyl (C=O) groups is 1. The van der Waals surface area contributed by atoms with Crippen molar-refractivity contribution in [1.82, 2.24) is 5.32 Å². The molecule has 0 radical (unpaired) electrons. The molecule has 1 unspecified atom stereocenters. The van der Waals surface area contributed by atoms with Crippen LogP contribution in [0.4, 0.5) is 8.78 Å². The lowest BCUT2D eigenvalue weighted by Crippen LogP contribution is -2.50. The first-order valence-electron chi connectivity index (χ1n) is 6.18. The molecular weight excluding hydrogens is 226 g/mol. The van der Waals surface area contributed by atoms with Gasteiger partial charge in [-0.15, -0.1) is 0 Å². The second kappa shape index (κ2) is 4.88. The minimum Gasteiger partial charge on any atom is -0.349 e. The lowest BCUT2D eigenvalue weighted by atomic mass is 10.0. The zero-order valence-corrected chi connectivity index (χ0v) is 10.7. The van der Waals surface area contributed by atoms with Gasteiger partial charge in [-0.3, -0.25) is 4.79 Å². The van der Waals surface area contributed by atoms with Gasteiger partial charge in [0.15, 0.2) is 0 Å². The summed E-state index contributed by atoms with van der Waals surface area (Å²) in [5, 5.41) is 2.82. The van der Waals surface area contributed by atoms with Gasteiger partial charge in [-0.2, -0.15) is 0 Å². The highest BCUT2D eigenvalue weighted by Crippen LogP contribution is 2.42. The van der Waals surface area contributed by atoms with E-state index in [1.165, 1.54) is 6.92 Å². The first-order chi connectivity index (χ1) is 7.72. The quantitative estimate of drug-likeness (QED) is 0.756. The summed E-state index contributed by atoms with van der Waals surface area (Å²) in [4.78, 5) is 11.7. The molecule has 1 saturated carbocycles. The van der Waals surface area contributed by atoms with E-state index in [1.807, 2.05) is 13.8 Å². The lowest BCUT2D eigenvalue weighted by Gasteiger charge is -2.25. The Kier molecular flexibility index (Phi) is 4.12. The molecule has 1 rings (SSSR count). The molecule has 1 fully saturated rings. The number of hydrogen-bond acceptors (Lipinski definition) is 2. The summed E-state index contributed by atoms with van der Waals surface area (Å²) in [6.07, 6.45) is 0.952. The Hall–Kier alpha value is -0.710.